The van der Waals surface area contributed by atoms with Crippen LogP contribution < -0.4 is 22.1 Å². The number of hydrogen-bond acceptors (Lipinski definition) is 9. The van der Waals surface area contributed by atoms with Gasteiger partial charge in [0.05, 0.1) is 24.1 Å². The molecule has 1 aliphatic rings. The molecule has 0 unspecified atom stereocenters. The van der Waals surface area contributed by atoms with Gasteiger partial charge in [0.15, 0.2) is 0 Å². The summed E-state index contributed by atoms with van der Waals surface area (Å²) in [6.07, 6.45) is -0.128. The predicted octanol–water partition coefficient (Wildman–Crippen LogP) is 2.99. The number of nitrogens with zero attached hydrogens (tertiary/aromatic N) is 2. The van der Waals surface area contributed by atoms with Crippen LogP contribution in [-0.2, 0) is 19.6 Å². The van der Waals surface area contributed by atoms with Crippen molar-refractivity contribution < 1.29 is 22.7 Å². The highest BCUT2D eigenvalue weighted by Gasteiger charge is 2.39. The minimum atomic E-state index is -3.83. The van der Waals surface area contributed by atoms with E-state index in [1.165, 1.54) is 19.2 Å². The largest absolute Gasteiger partial charge is 0.452 e. The lowest BCUT2D eigenvalue weighted by atomic mass is 9.85. The van der Waals surface area contributed by atoms with E-state index < -0.39 is 40.0 Å². The van der Waals surface area contributed by atoms with Crippen molar-refractivity contribution in [1.29, 1.82) is 0 Å². The van der Waals surface area contributed by atoms with Gasteiger partial charge in [0.25, 0.3) is 0 Å². The van der Waals surface area contributed by atoms with Gasteiger partial charge in [0.2, 0.25) is 15.9 Å². The van der Waals surface area contributed by atoms with Crippen molar-refractivity contribution in [2.75, 3.05) is 45.6 Å². The van der Waals surface area contributed by atoms with Gasteiger partial charge in [-0.25, -0.2) is 18.1 Å². The summed E-state index contributed by atoms with van der Waals surface area (Å²) in [4.78, 5) is 28.0. The van der Waals surface area contributed by atoms with E-state index in [9.17, 15) is 18.0 Å². The van der Waals surface area contributed by atoms with Gasteiger partial charge in [-0.2, -0.15) is 4.31 Å². The van der Waals surface area contributed by atoms with Gasteiger partial charge >= 0.3 is 6.09 Å². The summed E-state index contributed by atoms with van der Waals surface area (Å²) >= 11 is 0. The molecule has 1 aliphatic heterocycles. The van der Waals surface area contributed by atoms with E-state index in [-0.39, 0.29) is 24.0 Å². The number of sulfonamides is 1. The monoisotopic (exact) mass is 650 g/mol. The van der Waals surface area contributed by atoms with Gasteiger partial charge in [0.1, 0.15) is 0 Å². The zero-order chi connectivity index (χ0) is 33.3. The van der Waals surface area contributed by atoms with Gasteiger partial charge in [-0.15, -0.1) is 0 Å². The summed E-state index contributed by atoms with van der Waals surface area (Å²) in [5.41, 5.74) is 14.6. The normalized spacial score (nSPS) is 17.4. The Labute approximate surface area is 272 Å². The van der Waals surface area contributed by atoms with Gasteiger partial charge in [-0.3, -0.25) is 4.79 Å². The molecule has 0 spiro atoms. The topological polar surface area (TPSA) is 160 Å². The number of nitrogen functional groups attached to an aromatic ring is 1. The third kappa shape index (κ3) is 8.51. The number of amides is 2. The predicted molar refractivity (Wildman–Crippen MR) is 179 cm³/mol. The molecule has 3 aromatic rings. The minimum Gasteiger partial charge on any atom is -0.452 e. The average Bonchev–Trinajstić information content (AvgIpc) is 3.51. The molecular formula is C34H46N6O5S. The number of imide groups is 1. The zero-order valence-corrected chi connectivity index (χ0v) is 27.5. The first-order valence-corrected chi connectivity index (χ1v) is 17.0. The Morgan fingerprint density at radius 3 is 2.07 bits per heavy atom. The Kier molecular flexibility index (Phi) is 12.3. The highest BCUT2D eigenvalue weighted by atomic mass is 32.2. The molecule has 46 heavy (non-hydrogen) atoms. The van der Waals surface area contributed by atoms with Crippen LogP contribution in [0.4, 0.5) is 10.5 Å². The van der Waals surface area contributed by atoms with E-state index in [4.69, 9.17) is 16.2 Å². The second-order valence-corrected chi connectivity index (χ2v) is 13.8. The van der Waals surface area contributed by atoms with E-state index in [1.807, 2.05) is 60.7 Å². The van der Waals surface area contributed by atoms with Crippen LogP contribution in [-0.4, -0.2) is 87.6 Å². The summed E-state index contributed by atoms with van der Waals surface area (Å²) in [5.74, 6) is -0.771. The summed E-state index contributed by atoms with van der Waals surface area (Å²) in [6, 6.07) is 23.4. The van der Waals surface area contributed by atoms with Crippen LogP contribution in [0.2, 0.25) is 0 Å². The molecule has 3 aromatic carbocycles. The Hall–Kier alpha value is -3.81. The standard InChI is InChI=1S/C34H46N6O5S/c1-24(2)18-20-40(46(43,44)28-16-14-27(35)15-17-28)30-23-37-22-29(30)38-19-21-39(34(42)45-3)33(41)32(36)31(25-10-6-4-7-11-25)26-12-8-5-9-13-26/h4-17,24,29-32,37-38H,18-23,35-36H2,1-3H3/t29-,30-,32+/m1/s1. The highest BCUT2D eigenvalue weighted by molar-refractivity contribution is 7.89. The first-order valence-electron chi connectivity index (χ1n) is 15.6. The van der Waals surface area contributed by atoms with E-state index in [2.05, 4.69) is 24.5 Å². The molecule has 3 atom stereocenters. The third-order valence-electron chi connectivity index (χ3n) is 8.33. The Morgan fingerprint density at radius 1 is 0.935 bits per heavy atom. The number of carbonyl (C=O) groups excluding carboxylic acids is 2. The number of benzene rings is 3. The van der Waals surface area contributed by atoms with E-state index in [0.717, 1.165) is 16.0 Å². The lowest BCUT2D eigenvalue weighted by Gasteiger charge is -2.33. The van der Waals surface area contributed by atoms with Crippen molar-refractivity contribution in [2.45, 2.75) is 49.2 Å². The number of rotatable bonds is 14. The van der Waals surface area contributed by atoms with Gasteiger partial charge in [0, 0.05) is 50.4 Å². The molecule has 4 rings (SSSR count). The SMILES string of the molecule is COC(=O)N(CCN[C@@H]1CNC[C@H]1N(CCC(C)C)S(=O)(=O)c1ccc(N)cc1)C(=O)[C@@H](N)C(c1ccccc1)c1ccccc1. The molecule has 248 valence electrons. The Bertz CT molecular complexity index is 1480. The molecule has 0 radical (unpaired) electrons. The molecule has 11 nitrogen and oxygen atoms in total. The molecule has 0 aliphatic carbocycles. The lowest BCUT2D eigenvalue weighted by Crippen LogP contribution is -2.55. The minimum absolute atomic E-state index is 0.0184. The molecule has 0 bridgehead atoms. The fourth-order valence-electron chi connectivity index (χ4n) is 5.81. The summed E-state index contributed by atoms with van der Waals surface area (Å²) < 4.78 is 34.3. The smallest absolute Gasteiger partial charge is 0.416 e. The van der Waals surface area contributed by atoms with Crippen molar-refractivity contribution in [3.05, 3.63) is 96.1 Å². The van der Waals surface area contributed by atoms with Crippen LogP contribution in [0.5, 0.6) is 0 Å². The Balaban J connectivity index is 1.51. The summed E-state index contributed by atoms with van der Waals surface area (Å²) in [7, 11) is -2.61. The van der Waals surface area contributed by atoms with Crippen LogP contribution in [0.25, 0.3) is 0 Å². The van der Waals surface area contributed by atoms with Gasteiger partial charge < -0.3 is 26.8 Å². The van der Waals surface area contributed by atoms with Crippen LogP contribution in [0, 0.1) is 5.92 Å². The van der Waals surface area contributed by atoms with Crippen LogP contribution >= 0.6 is 0 Å². The molecule has 2 amide bonds. The third-order valence-corrected chi connectivity index (χ3v) is 10.3. The van der Waals surface area contributed by atoms with E-state index >= 15 is 0 Å². The average molecular weight is 651 g/mol. The maximum Gasteiger partial charge on any atom is 0.416 e. The zero-order valence-electron chi connectivity index (χ0n) is 26.7. The number of carbonyl (C=O) groups is 2. The van der Waals surface area contributed by atoms with Crippen LogP contribution in [0.1, 0.15) is 37.3 Å². The van der Waals surface area contributed by atoms with Crippen LogP contribution in [0.15, 0.2) is 89.8 Å². The second kappa shape index (κ2) is 16.1. The number of methoxy groups -OCH3 is 1. The molecule has 6 N–H and O–H groups in total. The first-order chi connectivity index (χ1) is 22.0. The molecular weight excluding hydrogens is 604 g/mol. The van der Waals surface area contributed by atoms with E-state index in [0.29, 0.717) is 37.7 Å². The molecule has 0 aromatic heterocycles. The number of nitrogens with two attached hydrogens (primary N) is 2. The van der Waals surface area contributed by atoms with E-state index in [1.54, 1.807) is 16.4 Å². The van der Waals surface area contributed by atoms with Crippen molar-refractivity contribution in [3.8, 4) is 0 Å². The lowest BCUT2D eigenvalue weighted by molar-refractivity contribution is -0.131. The first kappa shape index (κ1) is 35.1. The van der Waals surface area contributed by atoms with Crippen LogP contribution in [0.3, 0.4) is 0 Å². The Morgan fingerprint density at radius 2 is 1.52 bits per heavy atom. The molecule has 1 heterocycles. The van der Waals surface area contributed by atoms with Crippen molar-refractivity contribution in [2.24, 2.45) is 11.7 Å². The summed E-state index contributed by atoms with van der Waals surface area (Å²) in [5, 5.41) is 6.70. The van der Waals surface area contributed by atoms with Crippen molar-refractivity contribution in [1.82, 2.24) is 19.8 Å². The molecule has 12 heteroatoms. The number of ether oxygens (including phenoxy) is 1. The molecule has 1 fully saturated rings. The molecule has 1 saturated heterocycles. The highest BCUT2D eigenvalue weighted by Crippen LogP contribution is 2.28. The van der Waals surface area contributed by atoms with Crippen molar-refractivity contribution >= 4 is 27.7 Å². The maximum atomic E-state index is 13.9. The number of nitrogens with one attached hydrogen (secondary N) is 2. The maximum absolute atomic E-state index is 13.9. The van der Waals surface area contributed by atoms with Crippen molar-refractivity contribution in [3.63, 3.8) is 0 Å². The fraction of sp³-hybridized carbons (Fsp3) is 0.412. The molecule has 0 saturated carbocycles. The quantitative estimate of drug-likeness (QED) is 0.192. The van der Waals surface area contributed by atoms with Gasteiger partial charge in [-0.1, -0.05) is 74.5 Å². The van der Waals surface area contributed by atoms with Gasteiger partial charge in [-0.05, 0) is 47.7 Å². The number of anilines is 1. The fourth-order valence-corrected chi connectivity index (χ4v) is 7.49. The number of hydrogen-bond donors (Lipinski definition) is 4. The second-order valence-electron chi connectivity index (χ2n) is 11.9. The summed E-state index contributed by atoms with van der Waals surface area (Å²) in [6.45, 7) is 5.60.